The molecule has 136 valence electrons. The maximum absolute atomic E-state index is 13.1. The first-order chi connectivity index (χ1) is 12.0. The molecule has 2 rings (SSSR count). The fraction of sp³-hybridized carbons (Fsp3) is 0.300. The molecule has 0 bridgehead atoms. The van der Waals surface area contributed by atoms with Crippen molar-refractivity contribution in [2.45, 2.75) is 38.9 Å². The van der Waals surface area contributed by atoms with Crippen molar-refractivity contribution >= 4 is 25.5 Å². The van der Waals surface area contributed by atoms with Crippen LogP contribution in [0.3, 0.4) is 0 Å². The van der Waals surface area contributed by atoms with Crippen LogP contribution in [0, 0.1) is 11.3 Å². The summed E-state index contributed by atoms with van der Waals surface area (Å²) in [6.45, 7) is 10.6. The lowest BCUT2D eigenvalue weighted by atomic mass is 9.98. The van der Waals surface area contributed by atoms with Crippen LogP contribution in [0.25, 0.3) is 0 Å². The summed E-state index contributed by atoms with van der Waals surface area (Å²) in [6.07, 6.45) is 0. The van der Waals surface area contributed by atoms with E-state index in [4.69, 9.17) is 21.2 Å². The van der Waals surface area contributed by atoms with E-state index in [0.29, 0.717) is 22.6 Å². The molecule has 0 unspecified atom stereocenters. The zero-order valence-corrected chi connectivity index (χ0v) is 16.9. The van der Waals surface area contributed by atoms with E-state index in [1.807, 2.05) is 6.07 Å². The number of ketones is 1. The van der Waals surface area contributed by atoms with E-state index in [2.05, 4.69) is 33.9 Å². The summed E-state index contributed by atoms with van der Waals surface area (Å²) in [6, 6.07) is 11.9. The summed E-state index contributed by atoms with van der Waals surface area (Å²) >= 11 is 0. The second kappa shape index (κ2) is 6.85. The molecule has 0 aromatic heterocycles. The number of nitrogen functional groups attached to an aromatic ring is 2. The lowest BCUT2D eigenvalue weighted by molar-refractivity contribution is 0.103. The summed E-state index contributed by atoms with van der Waals surface area (Å²) in [5.74, 6) is 0.135. The average Bonchev–Trinajstić information content (AvgIpc) is 2.57. The number of rotatable bonds is 4. The molecule has 26 heavy (non-hydrogen) atoms. The van der Waals surface area contributed by atoms with E-state index in [0.717, 1.165) is 0 Å². The minimum absolute atomic E-state index is 0.0375. The van der Waals surface area contributed by atoms with E-state index in [1.54, 1.807) is 36.4 Å². The number of nitrogens with zero attached hydrogens (tertiary/aromatic N) is 1. The van der Waals surface area contributed by atoms with Crippen molar-refractivity contribution < 1.29 is 9.22 Å². The van der Waals surface area contributed by atoms with Crippen LogP contribution < -0.4 is 15.9 Å². The van der Waals surface area contributed by atoms with Gasteiger partial charge in [0.2, 0.25) is 0 Å². The molecular weight excluding hydrogens is 342 g/mol. The highest BCUT2D eigenvalue weighted by Crippen LogP contribution is 2.40. The van der Waals surface area contributed by atoms with E-state index >= 15 is 0 Å². The molecule has 0 atom stereocenters. The maximum atomic E-state index is 13.1. The molecule has 0 saturated carbocycles. The van der Waals surface area contributed by atoms with Gasteiger partial charge in [-0.25, -0.2) is 0 Å². The minimum Gasteiger partial charge on any atom is -0.543 e. The summed E-state index contributed by atoms with van der Waals surface area (Å²) in [5.41, 5.74) is 13.6. The molecule has 0 aliphatic carbocycles. The molecule has 0 saturated heterocycles. The summed E-state index contributed by atoms with van der Waals surface area (Å²) in [5, 5.41) is 9.05. The molecular formula is C20H25N3O2Si. The third-order valence-corrected chi connectivity index (χ3v) is 9.24. The highest BCUT2D eigenvalue weighted by molar-refractivity contribution is 6.74. The molecule has 0 amide bonds. The van der Waals surface area contributed by atoms with E-state index < -0.39 is 8.32 Å². The first kappa shape index (κ1) is 19.5. The van der Waals surface area contributed by atoms with Gasteiger partial charge in [-0.1, -0.05) is 32.9 Å². The molecule has 2 aromatic rings. The summed E-state index contributed by atoms with van der Waals surface area (Å²) in [7, 11) is -2.18. The standard InChI is InChI=1S/C20H25N3O2Si/c1-20(2,3)26(4,5)25-16-10-9-15(22)18(23)17(16)19(24)14-8-6-7-13(11-14)12-21/h6-11H,22-23H2,1-5H3. The van der Waals surface area contributed by atoms with Crippen LogP contribution in [-0.2, 0) is 0 Å². The Morgan fingerprint density at radius 1 is 1.15 bits per heavy atom. The fourth-order valence-electron chi connectivity index (χ4n) is 2.24. The van der Waals surface area contributed by atoms with E-state index in [1.165, 1.54) is 0 Å². The largest absolute Gasteiger partial charge is 0.543 e. The maximum Gasteiger partial charge on any atom is 0.250 e. The Hall–Kier alpha value is -2.78. The van der Waals surface area contributed by atoms with Gasteiger partial charge in [-0.15, -0.1) is 0 Å². The summed E-state index contributed by atoms with van der Waals surface area (Å²) in [4.78, 5) is 13.1. The molecule has 2 aromatic carbocycles. The van der Waals surface area contributed by atoms with Gasteiger partial charge in [0, 0.05) is 5.56 Å². The SMILES string of the molecule is CC(C)(C)[Si](C)(C)Oc1ccc(N)c(N)c1C(=O)c1cccc(C#N)c1. The predicted molar refractivity (Wildman–Crippen MR) is 108 cm³/mol. The Balaban J connectivity index is 2.59. The van der Waals surface area contributed by atoms with Crippen molar-refractivity contribution in [3.05, 3.63) is 53.1 Å². The molecule has 0 heterocycles. The van der Waals surface area contributed by atoms with Gasteiger partial charge in [0.1, 0.15) is 5.75 Å². The van der Waals surface area contributed by atoms with Crippen molar-refractivity contribution in [3.63, 3.8) is 0 Å². The van der Waals surface area contributed by atoms with Crippen molar-refractivity contribution in [2.75, 3.05) is 11.5 Å². The van der Waals surface area contributed by atoms with Crippen LogP contribution in [-0.4, -0.2) is 14.1 Å². The fourth-order valence-corrected chi connectivity index (χ4v) is 3.26. The van der Waals surface area contributed by atoms with Gasteiger partial charge >= 0.3 is 0 Å². The number of anilines is 2. The Kier molecular flexibility index (Phi) is 5.15. The zero-order valence-electron chi connectivity index (χ0n) is 15.9. The first-order valence-electron chi connectivity index (χ1n) is 8.40. The Morgan fingerprint density at radius 3 is 2.38 bits per heavy atom. The topological polar surface area (TPSA) is 102 Å². The van der Waals surface area contributed by atoms with Gasteiger partial charge in [-0.3, -0.25) is 4.79 Å². The normalized spacial score (nSPS) is 11.7. The van der Waals surface area contributed by atoms with Gasteiger partial charge < -0.3 is 15.9 Å². The number of carbonyl (C=O) groups excluding carboxylic acids is 1. The van der Waals surface area contributed by atoms with Crippen molar-refractivity contribution in [1.82, 2.24) is 0 Å². The molecule has 0 radical (unpaired) electrons. The van der Waals surface area contributed by atoms with Crippen molar-refractivity contribution in [2.24, 2.45) is 0 Å². The van der Waals surface area contributed by atoms with Gasteiger partial charge in [-0.05, 0) is 42.4 Å². The Bertz CT molecular complexity index is 893. The van der Waals surface area contributed by atoms with Gasteiger partial charge in [0.15, 0.2) is 5.78 Å². The number of benzene rings is 2. The Labute approximate surface area is 155 Å². The third kappa shape index (κ3) is 3.73. The van der Waals surface area contributed by atoms with Gasteiger partial charge in [-0.2, -0.15) is 5.26 Å². The molecule has 0 aliphatic heterocycles. The second-order valence-corrected chi connectivity index (χ2v) is 12.6. The number of carbonyl (C=O) groups is 1. The second-order valence-electron chi connectivity index (χ2n) is 7.83. The van der Waals surface area contributed by atoms with E-state index in [9.17, 15) is 4.79 Å². The van der Waals surface area contributed by atoms with Gasteiger partial charge in [0.25, 0.3) is 8.32 Å². The minimum atomic E-state index is -2.18. The van der Waals surface area contributed by atoms with Crippen LogP contribution in [0.1, 0.15) is 42.3 Å². The molecule has 4 N–H and O–H groups in total. The number of hydrogen-bond acceptors (Lipinski definition) is 5. The lowest BCUT2D eigenvalue weighted by Gasteiger charge is -2.37. The molecule has 0 fully saturated rings. The average molecular weight is 368 g/mol. The lowest BCUT2D eigenvalue weighted by Crippen LogP contribution is -2.44. The third-order valence-electron chi connectivity index (χ3n) is 4.89. The highest BCUT2D eigenvalue weighted by atomic mass is 28.4. The van der Waals surface area contributed by atoms with Crippen LogP contribution in [0.4, 0.5) is 11.4 Å². The zero-order chi connectivity index (χ0) is 19.7. The monoisotopic (exact) mass is 367 g/mol. The van der Waals surface area contributed by atoms with Crippen LogP contribution >= 0.6 is 0 Å². The quantitative estimate of drug-likeness (QED) is 0.475. The predicted octanol–water partition coefficient (Wildman–Crippen LogP) is 4.34. The van der Waals surface area contributed by atoms with Crippen molar-refractivity contribution in [3.8, 4) is 11.8 Å². The van der Waals surface area contributed by atoms with Crippen LogP contribution in [0.5, 0.6) is 5.75 Å². The van der Waals surface area contributed by atoms with Crippen LogP contribution in [0.2, 0.25) is 18.1 Å². The highest BCUT2D eigenvalue weighted by Gasteiger charge is 2.40. The molecule has 0 spiro atoms. The Morgan fingerprint density at radius 2 is 1.81 bits per heavy atom. The van der Waals surface area contributed by atoms with Crippen LogP contribution in [0.15, 0.2) is 36.4 Å². The van der Waals surface area contributed by atoms with Crippen molar-refractivity contribution in [1.29, 1.82) is 5.26 Å². The smallest absolute Gasteiger partial charge is 0.250 e. The van der Waals surface area contributed by atoms with Gasteiger partial charge in [0.05, 0.1) is 28.6 Å². The van der Waals surface area contributed by atoms with E-state index in [-0.39, 0.29) is 22.1 Å². The summed E-state index contributed by atoms with van der Waals surface area (Å²) < 4.78 is 6.35. The number of nitriles is 1. The molecule has 0 aliphatic rings. The number of hydrogen-bond donors (Lipinski definition) is 2. The molecule has 5 nitrogen and oxygen atoms in total. The molecule has 6 heteroatoms. The number of nitrogens with two attached hydrogens (primary N) is 2. The first-order valence-corrected chi connectivity index (χ1v) is 11.3.